The van der Waals surface area contributed by atoms with Crippen LogP contribution >= 0.6 is 11.6 Å². The van der Waals surface area contributed by atoms with Crippen LogP contribution in [0.1, 0.15) is 32.9 Å². The van der Waals surface area contributed by atoms with E-state index in [-0.39, 0.29) is 0 Å². The third-order valence-corrected chi connectivity index (χ3v) is 3.25. The van der Waals surface area contributed by atoms with Crippen LogP contribution in [0, 0.1) is 12.8 Å². The molecule has 1 atom stereocenters. The average molecular weight is 244 g/mol. The van der Waals surface area contributed by atoms with Crippen LogP contribution in [0.5, 0.6) is 0 Å². The van der Waals surface area contributed by atoms with E-state index in [9.17, 15) is 0 Å². The van der Waals surface area contributed by atoms with Crippen LogP contribution in [0.4, 0.5) is 0 Å². The minimum Gasteiger partial charge on any atom is -0.312 e. The predicted octanol–water partition coefficient (Wildman–Crippen LogP) is 2.87. The molecule has 4 heteroatoms. The fraction of sp³-hybridized carbons (Fsp3) is 0.750. The van der Waals surface area contributed by atoms with Gasteiger partial charge in [-0.05, 0) is 25.8 Å². The number of rotatable bonds is 6. The highest BCUT2D eigenvalue weighted by atomic mass is 35.5. The molecule has 0 bridgehead atoms. The van der Waals surface area contributed by atoms with Crippen LogP contribution in [-0.4, -0.2) is 22.4 Å². The Morgan fingerprint density at radius 2 is 2.19 bits per heavy atom. The van der Waals surface area contributed by atoms with Gasteiger partial charge in [0.25, 0.3) is 0 Å². The van der Waals surface area contributed by atoms with Gasteiger partial charge in [-0.15, -0.1) is 0 Å². The molecular weight excluding hydrogens is 222 g/mol. The number of aromatic nitrogens is 2. The van der Waals surface area contributed by atoms with Gasteiger partial charge in [0.2, 0.25) is 0 Å². The molecular formula is C12H22ClN3. The summed E-state index contributed by atoms with van der Waals surface area (Å²) in [6, 6.07) is 0.453. The lowest BCUT2D eigenvalue weighted by atomic mass is 10.0. The van der Waals surface area contributed by atoms with Crippen LogP contribution in [0.25, 0.3) is 0 Å². The summed E-state index contributed by atoms with van der Waals surface area (Å²) in [6.07, 6.45) is 2.87. The van der Waals surface area contributed by atoms with Gasteiger partial charge in [0.1, 0.15) is 0 Å². The summed E-state index contributed by atoms with van der Waals surface area (Å²) in [5, 5.41) is 8.59. The third-order valence-electron chi connectivity index (χ3n) is 2.87. The minimum absolute atomic E-state index is 0.453. The molecule has 1 rings (SSSR count). The number of hydrogen-bond acceptors (Lipinski definition) is 2. The molecule has 0 aliphatic heterocycles. The summed E-state index contributed by atoms with van der Waals surface area (Å²) >= 11 is 5.99. The summed E-state index contributed by atoms with van der Waals surface area (Å²) in [5.41, 5.74) is 1.05. The minimum atomic E-state index is 0.453. The van der Waals surface area contributed by atoms with Crippen molar-refractivity contribution in [3.8, 4) is 0 Å². The lowest BCUT2D eigenvalue weighted by molar-refractivity contribution is 0.340. The first-order valence-electron chi connectivity index (χ1n) is 5.97. The zero-order valence-corrected chi connectivity index (χ0v) is 11.4. The van der Waals surface area contributed by atoms with E-state index < -0.39 is 0 Å². The number of nitrogens with zero attached hydrogens (tertiary/aromatic N) is 2. The third kappa shape index (κ3) is 3.49. The maximum Gasteiger partial charge on any atom is 0.0814 e. The second-order valence-corrected chi connectivity index (χ2v) is 4.97. The topological polar surface area (TPSA) is 29.9 Å². The molecule has 92 valence electrons. The Balaban J connectivity index is 2.64. The Bertz CT molecular complexity index is 320. The van der Waals surface area contributed by atoms with Crippen molar-refractivity contribution >= 4 is 11.6 Å². The molecule has 1 N–H and O–H groups in total. The monoisotopic (exact) mass is 243 g/mol. The molecule has 0 radical (unpaired) electrons. The molecule has 1 heterocycles. The van der Waals surface area contributed by atoms with E-state index >= 15 is 0 Å². The molecule has 16 heavy (non-hydrogen) atoms. The Morgan fingerprint density at radius 3 is 2.62 bits per heavy atom. The highest BCUT2D eigenvalue weighted by Crippen LogP contribution is 2.15. The maximum absolute atomic E-state index is 5.99. The van der Waals surface area contributed by atoms with Crippen LogP contribution < -0.4 is 5.32 Å². The zero-order valence-electron chi connectivity index (χ0n) is 10.6. The van der Waals surface area contributed by atoms with E-state index in [0.29, 0.717) is 12.0 Å². The Labute approximate surface area is 103 Å². The van der Waals surface area contributed by atoms with E-state index in [1.165, 1.54) is 0 Å². The Hall–Kier alpha value is -0.540. The van der Waals surface area contributed by atoms with Gasteiger partial charge in [0.05, 0.1) is 23.5 Å². The largest absolute Gasteiger partial charge is 0.312 e. The number of nitrogens with one attached hydrogen (secondary N) is 1. The summed E-state index contributed by atoms with van der Waals surface area (Å²) in [6.45, 7) is 10.6. The summed E-state index contributed by atoms with van der Waals surface area (Å²) in [4.78, 5) is 0. The summed E-state index contributed by atoms with van der Waals surface area (Å²) in [5.74, 6) is 0.592. The predicted molar refractivity (Wildman–Crippen MR) is 68.9 cm³/mol. The van der Waals surface area contributed by atoms with E-state index in [4.69, 9.17) is 11.6 Å². The normalized spacial score (nSPS) is 13.4. The van der Waals surface area contributed by atoms with Crippen LogP contribution in [0.3, 0.4) is 0 Å². The van der Waals surface area contributed by atoms with E-state index in [1.54, 1.807) is 6.20 Å². The van der Waals surface area contributed by atoms with Crippen molar-refractivity contribution in [1.29, 1.82) is 0 Å². The lowest BCUT2D eigenvalue weighted by Crippen LogP contribution is -2.38. The molecule has 0 aromatic carbocycles. The number of hydrogen-bond donors (Lipinski definition) is 1. The molecule has 3 nitrogen and oxygen atoms in total. The van der Waals surface area contributed by atoms with E-state index in [0.717, 1.165) is 30.2 Å². The van der Waals surface area contributed by atoms with Crippen LogP contribution in [-0.2, 0) is 6.54 Å². The molecule has 0 saturated heterocycles. The van der Waals surface area contributed by atoms with Crippen LogP contribution in [0.2, 0.25) is 5.02 Å². The van der Waals surface area contributed by atoms with Crippen molar-refractivity contribution in [3.63, 3.8) is 0 Å². The van der Waals surface area contributed by atoms with Gasteiger partial charge in [0.15, 0.2) is 0 Å². The summed E-state index contributed by atoms with van der Waals surface area (Å²) in [7, 11) is 0. The molecule has 0 saturated carbocycles. The van der Waals surface area contributed by atoms with Gasteiger partial charge in [0, 0.05) is 6.04 Å². The van der Waals surface area contributed by atoms with E-state index in [2.05, 4.69) is 31.2 Å². The van der Waals surface area contributed by atoms with Gasteiger partial charge in [-0.2, -0.15) is 5.10 Å². The van der Waals surface area contributed by atoms with Crippen molar-refractivity contribution in [2.24, 2.45) is 5.92 Å². The Kier molecular flexibility index (Phi) is 5.29. The molecule has 0 amide bonds. The highest BCUT2D eigenvalue weighted by molar-refractivity contribution is 6.31. The first kappa shape index (κ1) is 13.5. The van der Waals surface area contributed by atoms with Gasteiger partial charge in [-0.25, -0.2) is 0 Å². The smallest absolute Gasteiger partial charge is 0.0814 e. The molecule has 1 aromatic heterocycles. The Morgan fingerprint density at radius 1 is 1.50 bits per heavy atom. The standard InChI is InChI=1S/C12H22ClN3/c1-5-6-14-12(9(2)3)8-16-10(4)11(13)7-15-16/h7,9,12,14H,5-6,8H2,1-4H3. The zero-order chi connectivity index (χ0) is 12.1. The first-order chi connectivity index (χ1) is 7.56. The van der Waals surface area contributed by atoms with Gasteiger partial charge in [-0.3, -0.25) is 4.68 Å². The molecule has 0 spiro atoms. The van der Waals surface area contributed by atoms with E-state index in [1.807, 2.05) is 11.6 Å². The molecule has 0 aliphatic carbocycles. The molecule has 0 aliphatic rings. The van der Waals surface area contributed by atoms with Crippen molar-refractivity contribution < 1.29 is 0 Å². The van der Waals surface area contributed by atoms with Gasteiger partial charge >= 0.3 is 0 Å². The van der Waals surface area contributed by atoms with Crippen molar-refractivity contribution in [1.82, 2.24) is 15.1 Å². The van der Waals surface area contributed by atoms with Crippen molar-refractivity contribution in [3.05, 3.63) is 16.9 Å². The molecule has 0 fully saturated rings. The molecule has 1 unspecified atom stereocenters. The number of halogens is 1. The molecule has 1 aromatic rings. The highest BCUT2D eigenvalue weighted by Gasteiger charge is 2.15. The quantitative estimate of drug-likeness (QED) is 0.833. The van der Waals surface area contributed by atoms with Crippen LogP contribution in [0.15, 0.2) is 6.20 Å². The fourth-order valence-electron chi connectivity index (χ4n) is 1.63. The SMILES string of the molecule is CCCNC(Cn1ncc(Cl)c1C)C(C)C. The van der Waals surface area contributed by atoms with Crippen molar-refractivity contribution in [2.75, 3.05) is 6.54 Å². The van der Waals surface area contributed by atoms with Gasteiger partial charge in [-0.1, -0.05) is 32.4 Å². The van der Waals surface area contributed by atoms with Crippen molar-refractivity contribution in [2.45, 2.75) is 46.7 Å². The average Bonchev–Trinajstić information content (AvgIpc) is 2.55. The maximum atomic E-state index is 5.99. The van der Waals surface area contributed by atoms with Gasteiger partial charge < -0.3 is 5.32 Å². The fourth-order valence-corrected chi connectivity index (χ4v) is 1.78. The second-order valence-electron chi connectivity index (χ2n) is 4.56. The first-order valence-corrected chi connectivity index (χ1v) is 6.35. The second kappa shape index (κ2) is 6.26. The lowest BCUT2D eigenvalue weighted by Gasteiger charge is -2.22. The summed E-state index contributed by atoms with van der Waals surface area (Å²) < 4.78 is 1.98.